The molecule has 0 saturated heterocycles. The maximum Gasteiger partial charge on any atom is 0.112 e. The Morgan fingerprint density at radius 3 is 3.08 bits per heavy atom. The van der Waals surface area contributed by atoms with Gasteiger partial charge in [-0.3, -0.25) is 4.98 Å². The lowest BCUT2D eigenvalue weighted by molar-refractivity contribution is -0.0608. The maximum atomic E-state index is 9.97. The highest BCUT2D eigenvalue weighted by Crippen LogP contribution is 2.32. The summed E-state index contributed by atoms with van der Waals surface area (Å²) in [7, 11) is 0. The fourth-order valence-corrected chi connectivity index (χ4v) is 1.95. The van der Waals surface area contributed by atoms with E-state index in [-0.39, 0.29) is 0 Å². The molecule has 1 aromatic heterocycles. The molecule has 1 aliphatic heterocycles. The minimum atomic E-state index is -0.912. The van der Waals surface area contributed by atoms with E-state index in [9.17, 15) is 5.11 Å². The van der Waals surface area contributed by atoms with Crippen molar-refractivity contribution in [1.82, 2.24) is 4.98 Å². The number of nitrogens with zero attached hydrogens (tertiary/aromatic N) is 1. The number of fused-ring (bicyclic) bond motifs is 1. The summed E-state index contributed by atoms with van der Waals surface area (Å²) in [5, 5.41) is 9.97. The zero-order valence-corrected chi connectivity index (χ0v) is 8.84. The van der Waals surface area contributed by atoms with Gasteiger partial charge >= 0.3 is 0 Å². The quantitative estimate of drug-likeness (QED) is 0.753. The largest absolute Gasteiger partial charge is 0.383 e. The minimum absolute atomic E-state index is 0.331. The highest BCUT2D eigenvalue weighted by molar-refractivity contribution is 9.10. The molecule has 0 aromatic carbocycles. The summed E-state index contributed by atoms with van der Waals surface area (Å²) in [4.78, 5) is 4.03. The molecule has 0 saturated carbocycles. The molecule has 13 heavy (non-hydrogen) atoms. The Bertz CT molecular complexity index is 338. The van der Waals surface area contributed by atoms with E-state index in [4.69, 9.17) is 4.74 Å². The molecule has 1 unspecified atom stereocenters. The van der Waals surface area contributed by atoms with E-state index in [0.717, 1.165) is 15.6 Å². The first kappa shape index (κ1) is 9.12. The van der Waals surface area contributed by atoms with E-state index >= 15 is 0 Å². The van der Waals surface area contributed by atoms with Crippen LogP contribution in [-0.4, -0.2) is 16.7 Å². The molecule has 2 heterocycles. The van der Waals surface area contributed by atoms with Crippen LogP contribution in [0.25, 0.3) is 0 Å². The molecular weight excluding hydrogens is 234 g/mol. The lowest BCUT2D eigenvalue weighted by Gasteiger charge is -2.30. The Morgan fingerprint density at radius 2 is 2.38 bits per heavy atom. The van der Waals surface area contributed by atoms with Crippen LogP contribution in [0.2, 0.25) is 0 Å². The second-order valence-electron chi connectivity index (χ2n) is 3.41. The maximum absolute atomic E-state index is 9.97. The lowest BCUT2D eigenvalue weighted by atomic mass is 9.92. The summed E-state index contributed by atoms with van der Waals surface area (Å²) in [6.45, 7) is 2.60. The van der Waals surface area contributed by atoms with Gasteiger partial charge in [0.1, 0.15) is 5.60 Å². The van der Waals surface area contributed by atoms with E-state index in [2.05, 4.69) is 20.9 Å². The van der Waals surface area contributed by atoms with Crippen molar-refractivity contribution in [1.29, 1.82) is 0 Å². The van der Waals surface area contributed by atoms with Crippen LogP contribution in [0.5, 0.6) is 0 Å². The second kappa shape index (κ2) is 3.04. The standard InChI is InChI=1S/C9H10BrNO2/c1-9(12)5-13-4-6-7(9)2-11-3-8(6)10/h2-3,12H,4-5H2,1H3. The molecule has 0 bridgehead atoms. The van der Waals surface area contributed by atoms with Crippen molar-refractivity contribution in [2.45, 2.75) is 19.1 Å². The number of rotatable bonds is 0. The van der Waals surface area contributed by atoms with E-state index in [1.807, 2.05) is 0 Å². The normalized spacial score (nSPS) is 27.0. The van der Waals surface area contributed by atoms with Crippen molar-refractivity contribution in [2.75, 3.05) is 6.61 Å². The van der Waals surface area contributed by atoms with Gasteiger partial charge in [-0.2, -0.15) is 0 Å². The average molecular weight is 244 g/mol. The molecule has 1 aromatic rings. The van der Waals surface area contributed by atoms with Crippen molar-refractivity contribution in [3.8, 4) is 0 Å². The molecule has 2 rings (SSSR count). The Balaban J connectivity index is 2.58. The molecule has 1 aliphatic rings. The first-order valence-electron chi connectivity index (χ1n) is 4.04. The van der Waals surface area contributed by atoms with Gasteiger partial charge in [0.2, 0.25) is 0 Å². The van der Waals surface area contributed by atoms with Crippen LogP contribution in [0.3, 0.4) is 0 Å². The van der Waals surface area contributed by atoms with Gasteiger partial charge in [-0.05, 0) is 22.9 Å². The van der Waals surface area contributed by atoms with Crippen LogP contribution < -0.4 is 0 Å². The van der Waals surface area contributed by atoms with Gasteiger partial charge in [-0.15, -0.1) is 0 Å². The zero-order chi connectivity index (χ0) is 9.47. The van der Waals surface area contributed by atoms with E-state index in [0.29, 0.717) is 13.2 Å². The van der Waals surface area contributed by atoms with Gasteiger partial charge in [-0.1, -0.05) is 0 Å². The predicted octanol–water partition coefficient (Wildman–Crippen LogP) is 1.58. The number of hydrogen-bond donors (Lipinski definition) is 1. The molecule has 3 nitrogen and oxygen atoms in total. The van der Waals surface area contributed by atoms with Crippen LogP contribution in [0.4, 0.5) is 0 Å². The lowest BCUT2D eigenvalue weighted by Crippen LogP contribution is -2.33. The molecule has 0 fully saturated rings. The number of ether oxygens (including phenoxy) is 1. The summed E-state index contributed by atoms with van der Waals surface area (Å²) >= 11 is 3.38. The van der Waals surface area contributed by atoms with E-state index in [1.165, 1.54) is 0 Å². The van der Waals surface area contributed by atoms with E-state index < -0.39 is 5.60 Å². The van der Waals surface area contributed by atoms with E-state index in [1.54, 1.807) is 19.3 Å². The monoisotopic (exact) mass is 243 g/mol. The van der Waals surface area contributed by atoms with Gasteiger partial charge < -0.3 is 9.84 Å². The summed E-state index contributed by atoms with van der Waals surface area (Å²) in [5.41, 5.74) is 0.934. The summed E-state index contributed by atoms with van der Waals surface area (Å²) in [5.74, 6) is 0. The third kappa shape index (κ3) is 1.49. The first-order valence-corrected chi connectivity index (χ1v) is 4.83. The number of hydrogen-bond acceptors (Lipinski definition) is 3. The first-order chi connectivity index (χ1) is 6.11. The van der Waals surface area contributed by atoms with Gasteiger partial charge in [0.05, 0.1) is 13.2 Å². The summed E-state index contributed by atoms with van der Waals surface area (Å²) in [6.07, 6.45) is 3.41. The minimum Gasteiger partial charge on any atom is -0.383 e. The zero-order valence-electron chi connectivity index (χ0n) is 7.25. The Kier molecular flexibility index (Phi) is 2.14. The van der Waals surface area contributed by atoms with Gasteiger partial charge in [0, 0.05) is 28.0 Å². The van der Waals surface area contributed by atoms with Crippen LogP contribution in [-0.2, 0) is 16.9 Å². The molecule has 1 N–H and O–H groups in total. The second-order valence-corrected chi connectivity index (χ2v) is 4.27. The van der Waals surface area contributed by atoms with Crippen molar-refractivity contribution >= 4 is 15.9 Å². The van der Waals surface area contributed by atoms with Crippen LogP contribution in [0, 0.1) is 0 Å². The van der Waals surface area contributed by atoms with Crippen molar-refractivity contribution in [3.63, 3.8) is 0 Å². The summed E-state index contributed by atoms with van der Waals surface area (Å²) in [6, 6.07) is 0. The molecule has 0 radical (unpaired) electrons. The molecule has 0 aliphatic carbocycles. The molecule has 0 spiro atoms. The number of aromatic nitrogens is 1. The fourth-order valence-electron chi connectivity index (χ4n) is 1.50. The average Bonchev–Trinajstić information content (AvgIpc) is 2.06. The smallest absolute Gasteiger partial charge is 0.112 e. The SMILES string of the molecule is CC1(O)COCc2c(Br)cncc21. The topological polar surface area (TPSA) is 42.4 Å². The van der Waals surface area contributed by atoms with Crippen molar-refractivity contribution in [2.24, 2.45) is 0 Å². The van der Waals surface area contributed by atoms with Crippen molar-refractivity contribution < 1.29 is 9.84 Å². The van der Waals surface area contributed by atoms with Crippen LogP contribution in [0.1, 0.15) is 18.1 Å². The van der Waals surface area contributed by atoms with Crippen molar-refractivity contribution in [3.05, 3.63) is 28.0 Å². The molecule has 0 amide bonds. The Labute approximate surface area is 84.9 Å². The highest BCUT2D eigenvalue weighted by Gasteiger charge is 2.31. The molecular formula is C9H10BrNO2. The Morgan fingerprint density at radius 1 is 1.62 bits per heavy atom. The Hall–Kier alpha value is -0.450. The fraction of sp³-hybridized carbons (Fsp3) is 0.444. The number of pyridine rings is 1. The van der Waals surface area contributed by atoms with Gasteiger partial charge in [0.15, 0.2) is 0 Å². The highest BCUT2D eigenvalue weighted by atomic mass is 79.9. The third-order valence-corrected chi connectivity index (χ3v) is 2.90. The van der Waals surface area contributed by atoms with Gasteiger partial charge in [0.25, 0.3) is 0 Å². The number of aliphatic hydroxyl groups is 1. The molecule has 4 heteroatoms. The molecule has 70 valence electrons. The predicted molar refractivity (Wildman–Crippen MR) is 51.2 cm³/mol. The number of halogens is 1. The van der Waals surface area contributed by atoms with Crippen LogP contribution >= 0.6 is 15.9 Å². The third-order valence-electron chi connectivity index (χ3n) is 2.21. The summed E-state index contributed by atoms with van der Waals surface area (Å²) < 4.78 is 6.18. The van der Waals surface area contributed by atoms with Gasteiger partial charge in [-0.25, -0.2) is 0 Å². The van der Waals surface area contributed by atoms with Crippen LogP contribution in [0.15, 0.2) is 16.9 Å². The molecule has 1 atom stereocenters.